The number of rotatable bonds is 7. The molecule has 2 amide bonds. The maximum atomic E-state index is 13.5. The summed E-state index contributed by atoms with van der Waals surface area (Å²) in [5.74, 6) is 6.33. The number of amides is 2. The van der Waals surface area contributed by atoms with E-state index in [1.165, 1.54) is 10.0 Å². The highest BCUT2D eigenvalue weighted by molar-refractivity contribution is 6.31. The van der Waals surface area contributed by atoms with Gasteiger partial charge in [-0.2, -0.15) is 0 Å². The van der Waals surface area contributed by atoms with E-state index in [4.69, 9.17) is 4.74 Å². The maximum absolute atomic E-state index is 13.5. The van der Waals surface area contributed by atoms with Crippen LogP contribution in [0, 0.1) is 37.7 Å². The van der Waals surface area contributed by atoms with Gasteiger partial charge >= 0.3 is 5.97 Å². The monoisotopic (exact) mass is 519 g/mol. The zero-order valence-electron chi connectivity index (χ0n) is 22.4. The summed E-state index contributed by atoms with van der Waals surface area (Å²) < 4.78 is 6.91. The van der Waals surface area contributed by atoms with Crippen molar-refractivity contribution in [2.75, 3.05) is 11.6 Å². The van der Waals surface area contributed by atoms with E-state index >= 15 is 0 Å². The van der Waals surface area contributed by atoms with Crippen LogP contribution in [0.1, 0.15) is 54.0 Å². The minimum absolute atomic E-state index is 0.127. The number of carbonyl (C=O) groups excluding carboxylic acids is 3. The molecule has 0 N–H and O–H groups in total. The van der Waals surface area contributed by atoms with Gasteiger partial charge in [-0.3, -0.25) is 9.59 Å². The van der Waals surface area contributed by atoms with Crippen molar-refractivity contribution in [2.24, 2.45) is 0 Å². The molecule has 0 bridgehead atoms. The van der Waals surface area contributed by atoms with Crippen molar-refractivity contribution in [3.05, 3.63) is 88.8 Å². The molecule has 1 fully saturated rings. The summed E-state index contributed by atoms with van der Waals surface area (Å²) in [6, 6.07) is 18.1. The van der Waals surface area contributed by atoms with Gasteiger partial charge in [-0.15, -0.1) is 0 Å². The van der Waals surface area contributed by atoms with E-state index < -0.39 is 5.97 Å². The van der Waals surface area contributed by atoms with Crippen molar-refractivity contribution in [1.29, 1.82) is 0 Å². The summed E-state index contributed by atoms with van der Waals surface area (Å²) in [5.41, 5.74) is 4.51. The van der Waals surface area contributed by atoms with Crippen LogP contribution in [0.3, 0.4) is 0 Å². The molecule has 0 unspecified atom stereocenters. The van der Waals surface area contributed by atoms with Gasteiger partial charge in [-0.25, -0.2) is 14.8 Å². The molecule has 0 aliphatic carbocycles. The molecule has 7 heteroatoms. The van der Waals surface area contributed by atoms with E-state index in [2.05, 4.69) is 23.9 Å². The lowest BCUT2D eigenvalue weighted by Gasteiger charge is -2.27. The first kappa shape index (κ1) is 27.0. The molecule has 1 aliphatic rings. The second-order valence-electron chi connectivity index (χ2n) is 8.99. The molecule has 1 aromatic heterocycles. The molecule has 7 nitrogen and oxygen atoms in total. The number of aromatic nitrogens is 1. The number of unbranched alkanes of at least 4 members (excludes halogenated alkanes) is 1. The molecule has 0 atom stereocenters. The van der Waals surface area contributed by atoms with Crippen molar-refractivity contribution >= 4 is 29.5 Å². The average Bonchev–Trinajstić information content (AvgIpc) is 3.36. The van der Waals surface area contributed by atoms with Gasteiger partial charge in [-0.05, 0) is 87.2 Å². The van der Waals surface area contributed by atoms with Crippen LogP contribution in [0.4, 0.5) is 5.69 Å². The highest BCUT2D eigenvalue weighted by Gasteiger charge is 2.41. The number of anilines is 1. The Hall–Kier alpha value is -5.01. The zero-order chi connectivity index (χ0) is 27.9. The number of benzene rings is 2. The van der Waals surface area contributed by atoms with Crippen LogP contribution < -0.4 is 5.01 Å². The second kappa shape index (κ2) is 12.0. The lowest BCUT2D eigenvalue weighted by molar-refractivity contribution is -0.125. The molecule has 4 rings (SSSR count). The fourth-order valence-corrected chi connectivity index (χ4v) is 4.46. The first-order chi connectivity index (χ1) is 18.9. The molecule has 0 saturated carbocycles. The summed E-state index contributed by atoms with van der Waals surface area (Å²) in [6.45, 7) is 8.03. The lowest BCUT2D eigenvalue weighted by Crippen LogP contribution is -2.41. The van der Waals surface area contributed by atoms with Gasteiger partial charge < -0.3 is 9.30 Å². The topological polar surface area (TPSA) is 71.8 Å². The third-order valence-corrected chi connectivity index (χ3v) is 6.37. The Morgan fingerprint density at radius 1 is 0.949 bits per heavy atom. The third-order valence-electron chi connectivity index (χ3n) is 6.37. The fraction of sp³-hybridized carbons (Fsp3) is 0.219. The molecule has 1 saturated heterocycles. The molecule has 196 valence electrons. The van der Waals surface area contributed by atoms with Crippen LogP contribution >= 0.6 is 0 Å². The first-order valence-corrected chi connectivity index (χ1v) is 12.7. The van der Waals surface area contributed by atoms with Crippen molar-refractivity contribution in [3.8, 4) is 29.6 Å². The van der Waals surface area contributed by atoms with Crippen molar-refractivity contribution < 1.29 is 19.1 Å². The van der Waals surface area contributed by atoms with Gasteiger partial charge in [-0.1, -0.05) is 37.5 Å². The Labute approximate surface area is 228 Å². The number of nitrogens with zero attached hydrogens (tertiary/aromatic N) is 3. The maximum Gasteiger partial charge on any atom is 0.352 e. The molecule has 2 aromatic carbocycles. The van der Waals surface area contributed by atoms with Crippen LogP contribution in [0.15, 0.2) is 66.2 Å². The highest BCUT2D eigenvalue weighted by atomic mass is 16.5. The van der Waals surface area contributed by atoms with Crippen LogP contribution in [0.25, 0.3) is 11.8 Å². The number of aryl methyl sites for hydroxylation is 1. The van der Waals surface area contributed by atoms with Crippen LogP contribution in [0.2, 0.25) is 0 Å². The van der Waals surface area contributed by atoms with Crippen molar-refractivity contribution in [2.45, 2.75) is 40.5 Å². The largest absolute Gasteiger partial charge is 0.367 e. The first-order valence-electron chi connectivity index (χ1n) is 12.7. The van der Waals surface area contributed by atoms with Crippen LogP contribution in [-0.4, -0.2) is 33.9 Å². The number of hydrogen-bond donors (Lipinski definition) is 0. The summed E-state index contributed by atoms with van der Waals surface area (Å²) in [5, 5.41) is 3.00. The van der Waals surface area contributed by atoms with E-state index in [0.29, 0.717) is 17.8 Å². The van der Waals surface area contributed by atoms with E-state index in [1.807, 2.05) is 73.9 Å². The summed E-state index contributed by atoms with van der Waals surface area (Å²) >= 11 is 0. The summed E-state index contributed by atoms with van der Waals surface area (Å²) in [4.78, 5) is 39.1. The average molecular weight is 520 g/mol. The Balaban J connectivity index is 1.64. The zero-order valence-corrected chi connectivity index (χ0v) is 22.4. The van der Waals surface area contributed by atoms with E-state index in [0.717, 1.165) is 35.5 Å². The Morgan fingerprint density at radius 3 is 2.33 bits per heavy atom. The lowest BCUT2D eigenvalue weighted by atomic mass is 10.1. The SMILES string of the molecule is CC#CC#COC(=O)c1ccc(-n2c(C)cc(C=C3C(=O)N(CCCC)N(c4ccccc4)C3=O)c2C)cc1. The second-order valence-corrected chi connectivity index (χ2v) is 8.99. The summed E-state index contributed by atoms with van der Waals surface area (Å²) in [6.07, 6.45) is 5.64. The molecule has 39 heavy (non-hydrogen) atoms. The minimum Gasteiger partial charge on any atom is -0.367 e. The highest BCUT2D eigenvalue weighted by Crippen LogP contribution is 2.30. The van der Waals surface area contributed by atoms with Gasteiger partial charge in [0.05, 0.1) is 11.3 Å². The third kappa shape index (κ3) is 5.63. The molecule has 1 aliphatic heterocycles. The number of esters is 1. The van der Waals surface area contributed by atoms with Crippen molar-refractivity contribution in [3.63, 3.8) is 0 Å². The van der Waals surface area contributed by atoms with Gasteiger partial charge in [0.2, 0.25) is 0 Å². The quantitative estimate of drug-likeness (QED) is 0.186. The van der Waals surface area contributed by atoms with E-state index in [-0.39, 0.29) is 17.4 Å². The Morgan fingerprint density at radius 2 is 1.67 bits per heavy atom. The number of para-hydroxylation sites is 1. The smallest absolute Gasteiger partial charge is 0.352 e. The van der Waals surface area contributed by atoms with Crippen LogP contribution in [-0.2, 0) is 14.3 Å². The Kier molecular flexibility index (Phi) is 8.33. The van der Waals surface area contributed by atoms with Gasteiger partial charge in [0, 0.05) is 29.5 Å². The van der Waals surface area contributed by atoms with Gasteiger partial charge in [0.15, 0.2) is 0 Å². The van der Waals surface area contributed by atoms with E-state index in [9.17, 15) is 14.4 Å². The Bertz CT molecular complexity index is 1560. The molecule has 0 radical (unpaired) electrons. The molecule has 0 spiro atoms. The standard InChI is InChI=1S/C32H29N3O4/c1-5-7-12-20-39-32(38)25-15-17-27(18-16-25)34-23(3)21-26(24(34)4)22-29-30(36)33(19-8-6-2)35(31(29)37)28-13-10-9-11-14-28/h9-11,13-18,21-22H,6,8,19H2,1-4H3. The number of ether oxygens (including phenoxy) is 1. The van der Waals surface area contributed by atoms with Gasteiger partial charge in [0.25, 0.3) is 11.8 Å². The number of hydrogen-bond acceptors (Lipinski definition) is 4. The van der Waals surface area contributed by atoms with Crippen LogP contribution in [0.5, 0.6) is 0 Å². The van der Waals surface area contributed by atoms with Crippen molar-refractivity contribution in [1.82, 2.24) is 9.58 Å². The number of hydrazine groups is 1. The molecule has 3 aromatic rings. The fourth-order valence-electron chi connectivity index (χ4n) is 4.46. The molecule has 2 heterocycles. The molecular formula is C32H29N3O4. The molecular weight excluding hydrogens is 490 g/mol. The van der Waals surface area contributed by atoms with E-state index in [1.54, 1.807) is 25.1 Å². The summed E-state index contributed by atoms with van der Waals surface area (Å²) in [7, 11) is 0. The normalized spacial score (nSPS) is 13.7. The predicted octanol–water partition coefficient (Wildman–Crippen LogP) is 5.21. The number of carbonyl (C=O) groups is 3. The minimum atomic E-state index is -0.563. The van der Waals surface area contributed by atoms with Gasteiger partial charge in [0.1, 0.15) is 11.7 Å². The predicted molar refractivity (Wildman–Crippen MR) is 150 cm³/mol.